The lowest BCUT2D eigenvalue weighted by atomic mass is 10.2. The van der Waals surface area contributed by atoms with Crippen LogP contribution in [-0.2, 0) is 23.1 Å². The minimum Gasteiger partial charge on any atom is -0.340 e. The zero-order valence-electron chi connectivity index (χ0n) is 12.5. The van der Waals surface area contributed by atoms with Crippen LogP contribution in [0.25, 0.3) is 0 Å². The van der Waals surface area contributed by atoms with Crippen molar-refractivity contribution in [2.45, 2.75) is 18.0 Å². The van der Waals surface area contributed by atoms with Crippen LogP contribution in [0.3, 0.4) is 0 Å². The summed E-state index contributed by atoms with van der Waals surface area (Å²) >= 11 is 0. The van der Waals surface area contributed by atoms with Gasteiger partial charge in [-0.25, -0.2) is 17.5 Å². The normalized spacial score (nSPS) is 14.9. The molecule has 1 aliphatic heterocycles. The van der Waals surface area contributed by atoms with Gasteiger partial charge in [-0.05, 0) is 12.1 Å². The van der Waals surface area contributed by atoms with Gasteiger partial charge in [0.15, 0.2) is 0 Å². The van der Waals surface area contributed by atoms with E-state index in [1.807, 2.05) is 0 Å². The SMILES string of the molecule is CN1CCn2cc(S(=O)(=O)NCc3ccccc3F)cc2C1=O. The maximum atomic E-state index is 13.6. The molecule has 122 valence electrons. The number of hydrogen-bond donors (Lipinski definition) is 1. The number of rotatable bonds is 4. The molecule has 1 N–H and O–H groups in total. The third kappa shape index (κ3) is 2.99. The average molecular weight is 337 g/mol. The number of likely N-dealkylation sites (N-methyl/N-ethyl adjacent to an activating group) is 1. The largest absolute Gasteiger partial charge is 0.340 e. The van der Waals surface area contributed by atoms with Gasteiger partial charge in [0, 0.05) is 38.4 Å². The lowest BCUT2D eigenvalue weighted by Gasteiger charge is -2.23. The van der Waals surface area contributed by atoms with Crippen LogP contribution in [-0.4, -0.2) is 37.4 Å². The molecule has 1 amide bonds. The van der Waals surface area contributed by atoms with Crippen LogP contribution in [0.1, 0.15) is 16.1 Å². The van der Waals surface area contributed by atoms with Crippen LogP contribution in [0, 0.1) is 5.82 Å². The summed E-state index contributed by atoms with van der Waals surface area (Å²) in [6.07, 6.45) is 1.43. The topological polar surface area (TPSA) is 71.4 Å². The molecule has 0 fully saturated rings. The summed E-state index contributed by atoms with van der Waals surface area (Å²) in [6.45, 7) is 0.923. The standard InChI is InChI=1S/C15H16FN3O3S/c1-18-6-7-19-10-12(8-14(19)15(18)20)23(21,22)17-9-11-4-2-3-5-13(11)16/h2-5,8,10,17H,6-7,9H2,1H3. The number of sulfonamides is 1. The molecule has 1 aliphatic rings. The van der Waals surface area contributed by atoms with E-state index < -0.39 is 15.8 Å². The van der Waals surface area contributed by atoms with Crippen molar-refractivity contribution in [1.82, 2.24) is 14.2 Å². The van der Waals surface area contributed by atoms with Crippen LogP contribution in [0.4, 0.5) is 4.39 Å². The van der Waals surface area contributed by atoms with Crippen LogP contribution >= 0.6 is 0 Å². The molecule has 0 saturated heterocycles. The monoisotopic (exact) mass is 337 g/mol. The van der Waals surface area contributed by atoms with Gasteiger partial charge in [-0.2, -0.15) is 0 Å². The highest BCUT2D eigenvalue weighted by molar-refractivity contribution is 7.89. The lowest BCUT2D eigenvalue weighted by molar-refractivity contribution is 0.0749. The van der Waals surface area contributed by atoms with E-state index in [1.165, 1.54) is 30.5 Å². The fraction of sp³-hybridized carbons (Fsp3) is 0.267. The number of benzene rings is 1. The summed E-state index contributed by atoms with van der Waals surface area (Å²) in [5.41, 5.74) is 0.598. The van der Waals surface area contributed by atoms with E-state index in [0.29, 0.717) is 18.8 Å². The summed E-state index contributed by atoms with van der Waals surface area (Å²) in [5.74, 6) is -0.685. The quantitative estimate of drug-likeness (QED) is 0.911. The molecule has 23 heavy (non-hydrogen) atoms. The first kappa shape index (κ1) is 15.7. The molecule has 2 aromatic rings. The van der Waals surface area contributed by atoms with Gasteiger partial charge in [-0.15, -0.1) is 0 Å². The highest BCUT2D eigenvalue weighted by Gasteiger charge is 2.26. The molecular weight excluding hydrogens is 321 g/mol. The minimum absolute atomic E-state index is 0.00693. The van der Waals surface area contributed by atoms with Crippen molar-refractivity contribution in [3.8, 4) is 0 Å². The van der Waals surface area contributed by atoms with Crippen LogP contribution in [0.15, 0.2) is 41.4 Å². The molecule has 2 heterocycles. The number of carbonyl (C=O) groups excluding carboxylic acids is 1. The first-order chi connectivity index (χ1) is 10.9. The predicted octanol–water partition coefficient (Wildman–Crippen LogP) is 1.19. The Kier molecular flexibility index (Phi) is 3.95. The summed E-state index contributed by atoms with van der Waals surface area (Å²) in [7, 11) is -2.15. The molecule has 1 aromatic carbocycles. The summed E-state index contributed by atoms with van der Waals surface area (Å²) < 4.78 is 42.2. The zero-order chi connectivity index (χ0) is 16.6. The van der Waals surface area contributed by atoms with Gasteiger partial charge < -0.3 is 9.47 Å². The van der Waals surface area contributed by atoms with Gasteiger partial charge in [-0.1, -0.05) is 18.2 Å². The van der Waals surface area contributed by atoms with E-state index in [0.717, 1.165) is 0 Å². The smallest absolute Gasteiger partial charge is 0.270 e. The Hall–Kier alpha value is -2.19. The van der Waals surface area contributed by atoms with E-state index >= 15 is 0 Å². The Labute approximate surface area is 133 Å². The Bertz CT molecular complexity index is 861. The molecular formula is C15H16FN3O3S. The minimum atomic E-state index is -3.82. The van der Waals surface area contributed by atoms with E-state index in [4.69, 9.17) is 0 Å². The summed E-state index contributed by atoms with van der Waals surface area (Å²) in [4.78, 5) is 13.6. The summed E-state index contributed by atoms with van der Waals surface area (Å²) in [6, 6.07) is 7.31. The molecule has 0 radical (unpaired) electrons. The van der Waals surface area contributed by atoms with Crippen molar-refractivity contribution in [3.05, 3.63) is 53.6 Å². The second-order valence-electron chi connectivity index (χ2n) is 5.40. The van der Waals surface area contributed by atoms with Gasteiger partial charge in [0.1, 0.15) is 16.4 Å². The highest BCUT2D eigenvalue weighted by Crippen LogP contribution is 2.19. The molecule has 0 saturated carbocycles. The van der Waals surface area contributed by atoms with E-state index in [1.54, 1.807) is 22.6 Å². The number of amides is 1. The highest BCUT2D eigenvalue weighted by atomic mass is 32.2. The second kappa shape index (κ2) is 5.78. The molecule has 8 heteroatoms. The van der Waals surface area contributed by atoms with Crippen molar-refractivity contribution in [2.75, 3.05) is 13.6 Å². The van der Waals surface area contributed by atoms with Gasteiger partial charge >= 0.3 is 0 Å². The third-order valence-corrected chi connectivity index (χ3v) is 5.20. The predicted molar refractivity (Wildman–Crippen MR) is 81.8 cm³/mol. The fourth-order valence-electron chi connectivity index (χ4n) is 2.45. The maximum absolute atomic E-state index is 13.6. The van der Waals surface area contributed by atoms with Crippen molar-refractivity contribution >= 4 is 15.9 Å². The average Bonchev–Trinajstić information content (AvgIpc) is 2.96. The Balaban J connectivity index is 1.82. The van der Waals surface area contributed by atoms with Gasteiger partial charge in [0.05, 0.1) is 0 Å². The number of halogens is 1. The molecule has 0 bridgehead atoms. The van der Waals surface area contributed by atoms with E-state index in [9.17, 15) is 17.6 Å². The number of fused-ring (bicyclic) bond motifs is 1. The zero-order valence-corrected chi connectivity index (χ0v) is 13.3. The van der Waals surface area contributed by atoms with Crippen molar-refractivity contribution in [2.24, 2.45) is 0 Å². The number of nitrogens with zero attached hydrogens (tertiary/aromatic N) is 2. The maximum Gasteiger partial charge on any atom is 0.270 e. The molecule has 6 nitrogen and oxygen atoms in total. The summed E-state index contributed by atoms with van der Waals surface area (Å²) in [5, 5.41) is 0. The van der Waals surface area contributed by atoms with Crippen LogP contribution in [0.2, 0.25) is 0 Å². The number of aromatic nitrogens is 1. The van der Waals surface area contributed by atoms with Gasteiger partial charge in [-0.3, -0.25) is 4.79 Å². The Morgan fingerprint density at radius 2 is 2.00 bits per heavy atom. The van der Waals surface area contributed by atoms with E-state index in [2.05, 4.69) is 4.72 Å². The fourth-order valence-corrected chi connectivity index (χ4v) is 3.49. The van der Waals surface area contributed by atoms with Crippen LogP contribution < -0.4 is 4.72 Å². The number of carbonyl (C=O) groups is 1. The van der Waals surface area contributed by atoms with Crippen molar-refractivity contribution in [1.29, 1.82) is 0 Å². The first-order valence-corrected chi connectivity index (χ1v) is 8.55. The van der Waals surface area contributed by atoms with E-state index in [-0.39, 0.29) is 22.9 Å². The van der Waals surface area contributed by atoms with Gasteiger partial charge in [0.25, 0.3) is 5.91 Å². The van der Waals surface area contributed by atoms with Crippen molar-refractivity contribution < 1.29 is 17.6 Å². The molecule has 0 aliphatic carbocycles. The van der Waals surface area contributed by atoms with Gasteiger partial charge in [0.2, 0.25) is 10.0 Å². The molecule has 0 spiro atoms. The molecule has 0 atom stereocenters. The number of hydrogen-bond acceptors (Lipinski definition) is 3. The Morgan fingerprint density at radius 1 is 1.26 bits per heavy atom. The molecule has 0 unspecified atom stereocenters. The molecule has 3 rings (SSSR count). The first-order valence-electron chi connectivity index (χ1n) is 7.07. The van der Waals surface area contributed by atoms with Crippen LogP contribution in [0.5, 0.6) is 0 Å². The Morgan fingerprint density at radius 3 is 2.74 bits per heavy atom. The lowest BCUT2D eigenvalue weighted by Crippen LogP contribution is -2.36. The third-order valence-electron chi connectivity index (χ3n) is 3.83. The second-order valence-corrected chi connectivity index (χ2v) is 7.16. The molecule has 1 aromatic heterocycles. The van der Waals surface area contributed by atoms with Crippen molar-refractivity contribution in [3.63, 3.8) is 0 Å². The number of nitrogens with one attached hydrogen (secondary N) is 1.